The molecule has 2 N–H and O–H groups in total. The first-order chi connectivity index (χ1) is 13.8. The predicted molar refractivity (Wildman–Crippen MR) is 105 cm³/mol. The molecular formula is C20H26N4O5. The fourth-order valence-electron chi connectivity index (χ4n) is 3.12. The average Bonchev–Trinajstić information content (AvgIpc) is 3.28. The molecule has 9 heteroatoms. The van der Waals surface area contributed by atoms with Crippen molar-refractivity contribution in [3.8, 4) is 6.07 Å². The molecule has 29 heavy (non-hydrogen) atoms. The van der Waals surface area contributed by atoms with Crippen LogP contribution >= 0.6 is 0 Å². The first kappa shape index (κ1) is 22.2. The van der Waals surface area contributed by atoms with Gasteiger partial charge in [-0.25, -0.2) is 9.59 Å². The Balaban J connectivity index is 2.03. The summed E-state index contributed by atoms with van der Waals surface area (Å²) >= 11 is 0. The Hall–Kier alpha value is -3.12. The zero-order valence-electron chi connectivity index (χ0n) is 16.9. The minimum absolute atomic E-state index is 0.167. The van der Waals surface area contributed by atoms with Gasteiger partial charge in [0.25, 0.3) is 5.91 Å². The van der Waals surface area contributed by atoms with Gasteiger partial charge >= 0.3 is 12.0 Å². The fraction of sp³-hybridized carbons (Fsp3) is 0.500. The summed E-state index contributed by atoms with van der Waals surface area (Å²) in [5, 5.41) is 13.7. The maximum Gasteiger partial charge on any atom is 0.349 e. The molecule has 1 aromatic heterocycles. The fourth-order valence-corrected chi connectivity index (χ4v) is 3.12. The van der Waals surface area contributed by atoms with Gasteiger partial charge < -0.3 is 19.4 Å². The number of hydrogen-bond donors (Lipinski definition) is 2. The number of urea groups is 1. The van der Waals surface area contributed by atoms with Gasteiger partial charge in [-0.1, -0.05) is 0 Å². The van der Waals surface area contributed by atoms with Gasteiger partial charge in [-0.2, -0.15) is 5.26 Å². The topological polar surface area (TPSA) is 122 Å². The summed E-state index contributed by atoms with van der Waals surface area (Å²) in [5.74, 6) is -1.71. The van der Waals surface area contributed by atoms with Crippen LogP contribution in [0.1, 0.15) is 36.7 Å². The van der Waals surface area contributed by atoms with E-state index >= 15 is 0 Å². The van der Waals surface area contributed by atoms with Crippen molar-refractivity contribution >= 4 is 24.0 Å². The highest BCUT2D eigenvalue weighted by molar-refractivity contribution is 6.00. The SMILES string of the molecule is CCNC(=O)NC(=O)COC(=O)/C(C#N)=C/c1cc(C)n(C[C@@H]2CCCO2)c1C. The van der Waals surface area contributed by atoms with Crippen LogP contribution in [0.2, 0.25) is 0 Å². The summed E-state index contributed by atoms with van der Waals surface area (Å²) in [6.07, 6.45) is 3.67. The van der Waals surface area contributed by atoms with Crippen LogP contribution in [0.25, 0.3) is 6.08 Å². The number of carbonyl (C=O) groups excluding carboxylic acids is 3. The molecule has 0 aliphatic carbocycles. The van der Waals surface area contributed by atoms with Gasteiger partial charge in [0, 0.05) is 31.1 Å². The van der Waals surface area contributed by atoms with E-state index in [-0.39, 0.29) is 11.7 Å². The lowest BCUT2D eigenvalue weighted by Crippen LogP contribution is -2.41. The van der Waals surface area contributed by atoms with Gasteiger partial charge in [-0.05, 0) is 51.3 Å². The molecule has 0 bridgehead atoms. The zero-order chi connectivity index (χ0) is 21.4. The van der Waals surface area contributed by atoms with E-state index in [1.54, 1.807) is 13.0 Å². The van der Waals surface area contributed by atoms with Gasteiger partial charge in [0.15, 0.2) is 6.61 Å². The number of ether oxygens (including phenoxy) is 2. The van der Waals surface area contributed by atoms with Crippen LogP contribution in [0.15, 0.2) is 11.6 Å². The van der Waals surface area contributed by atoms with Gasteiger partial charge in [-0.15, -0.1) is 0 Å². The quantitative estimate of drug-likeness (QED) is 0.406. The normalized spacial score (nSPS) is 16.2. The molecule has 0 unspecified atom stereocenters. The summed E-state index contributed by atoms with van der Waals surface area (Å²) < 4.78 is 12.6. The highest BCUT2D eigenvalue weighted by Gasteiger charge is 2.20. The van der Waals surface area contributed by atoms with Crippen LogP contribution < -0.4 is 10.6 Å². The molecule has 9 nitrogen and oxygen atoms in total. The van der Waals surface area contributed by atoms with E-state index in [9.17, 15) is 19.6 Å². The molecule has 1 aliphatic heterocycles. The number of hydrogen-bond acceptors (Lipinski definition) is 6. The summed E-state index contributed by atoms with van der Waals surface area (Å²) in [7, 11) is 0. The van der Waals surface area contributed by atoms with Crippen molar-refractivity contribution in [1.29, 1.82) is 5.26 Å². The second-order valence-corrected chi connectivity index (χ2v) is 6.73. The number of nitriles is 1. The van der Waals surface area contributed by atoms with E-state index in [4.69, 9.17) is 9.47 Å². The van der Waals surface area contributed by atoms with E-state index in [0.29, 0.717) is 6.54 Å². The van der Waals surface area contributed by atoms with Crippen LogP contribution in [0.5, 0.6) is 0 Å². The molecule has 0 radical (unpaired) electrons. The van der Waals surface area contributed by atoms with Crippen LogP contribution in [-0.2, 0) is 25.6 Å². The summed E-state index contributed by atoms with van der Waals surface area (Å²) in [6, 6.07) is 3.01. The van der Waals surface area contributed by atoms with Gasteiger partial charge in [-0.3, -0.25) is 10.1 Å². The number of nitrogens with one attached hydrogen (secondary N) is 2. The molecule has 2 rings (SSSR count). The Labute approximate surface area is 169 Å². The van der Waals surface area contributed by atoms with Crippen LogP contribution in [0.3, 0.4) is 0 Å². The van der Waals surface area contributed by atoms with Gasteiger partial charge in [0.1, 0.15) is 11.6 Å². The predicted octanol–water partition coefficient (Wildman–Crippen LogP) is 1.58. The standard InChI is InChI=1S/C20H26N4O5/c1-4-22-20(27)23-18(25)12-29-19(26)16(10-21)9-15-8-13(2)24(14(15)3)11-17-6-5-7-28-17/h8-9,17H,4-7,11-12H2,1-3H3,(H2,22,23,25,27)/b16-9+/t17-/m0/s1. The maximum absolute atomic E-state index is 12.2. The average molecular weight is 402 g/mol. The lowest BCUT2D eigenvalue weighted by atomic mass is 10.1. The largest absolute Gasteiger partial charge is 0.451 e. The van der Waals surface area contributed by atoms with Crippen molar-refractivity contribution in [3.05, 3.63) is 28.6 Å². The van der Waals surface area contributed by atoms with Crippen molar-refractivity contribution in [2.75, 3.05) is 19.8 Å². The second-order valence-electron chi connectivity index (χ2n) is 6.73. The Morgan fingerprint density at radius 3 is 2.79 bits per heavy atom. The van der Waals surface area contributed by atoms with E-state index in [2.05, 4.69) is 9.88 Å². The Morgan fingerprint density at radius 1 is 1.41 bits per heavy atom. The Morgan fingerprint density at radius 2 is 2.17 bits per heavy atom. The van der Waals surface area contributed by atoms with E-state index in [0.717, 1.165) is 42.9 Å². The van der Waals surface area contributed by atoms with Crippen LogP contribution in [0, 0.1) is 25.2 Å². The highest BCUT2D eigenvalue weighted by Crippen LogP contribution is 2.22. The number of esters is 1. The second kappa shape index (κ2) is 10.4. The van der Waals surface area contributed by atoms with Crippen molar-refractivity contribution in [1.82, 2.24) is 15.2 Å². The number of aryl methyl sites for hydroxylation is 1. The Bertz CT molecular complexity index is 844. The first-order valence-corrected chi connectivity index (χ1v) is 9.50. The molecule has 1 saturated heterocycles. The molecular weight excluding hydrogens is 376 g/mol. The molecule has 3 amide bonds. The van der Waals surface area contributed by atoms with Crippen molar-refractivity contribution < 1.29 is 23.9 Å². The molecule has 1 fully saturated rings. The number of carbonyl (C=O) groups is 3. The minimum atomic E-state index is -0.928. The number of imide groups is 1. The van der Waals surface area contributed by atoms with Crippen molar-refractivity contribution in [2.24, 2.45) is 0 Å². The van der Waals surface area contributed by atoms with Gasteiger partial charge in [0.05, 0.1) is 6.10 Å². The third kappa shape index (κ3) is 6.19. The molecule has 1 atom stereocenters. The van der Waals surface area contributed by atoms with E-state index in [1.165, 1.54) is 6.08 Å². The lowest BCUT2D eigenvalue weighted by Gasteiger charge is -2.14. The van der Waals surface area contributed by atoms with E-state index in [1.807, 2.05) is 25.2 Å². The zero-order valence-corrected chi connectivity index (χ0v) is 16.9. The van der Waals surface area contributed by atoms with Crippen molar-refractivity contribution in [2.45, 2.75) is 46.3 Å². The first-order valence-electron chi connectivity index (χ1n) is 9.50. The maximum atomic E-state index is 12.2. The summed E-state index contributed by atoms with van der Waals surface area (Å²) in [4.78, 5) is 35.0. The molecule has 0 aromatic carbocycles. The van der Waals surface area contributed by atoms with Crippen LogP contribution in [0.4, 0.5) is 4.79 Å². The summed E-state index contributed by atoms with van der Waals surface area (Å²) in [5.41, 5.74) is 2.40. The monoisotopic (exact) mass is 402 g/mol. The molecule has 156 valence electrons. The third-order valence-electron chi connectivity index (χ3n) is 4.59. The number of nitrogens with zero attached hydrogens (tertiary/aromatic N) is 2. The minimum Gasteiger partial charge on any atom is -0.451 e. The van der Waals surface area contributed by atoms with Gasteiger partial charge in [0.2, 0.25) is 0 Å². The molecule has 2 heterocycles. The van der Waals surface area contributed by atoms with Crippen molar-refractivity contribution in [3.63, 3.8) is 0 Å². The van der Waals surface area contributed by atoms with E-state index < -0.39 is 24.5 Å². The van der Waals surface area contributed by atoms with Crippen LogP contribution in [-0.4, -0.2) is 48.3 Å². The smallest absolute Gasteiger partial charge is 0.349 e. The molecule has 1 aliphatic rings. The number of rotatable bonds is 7. The lowest BCUT2D eigenvalue weighted by molar-refractivity contribution is -0.144. The molecule has 1 aromatic rings. The number of amides is 3. The third-order valence-corrected chi connectivity index (χ3v) is 4.59. The summed E-state index contributed by atoms with van der Waals surface area (Å²) in [6.45, 7) is 6.75. The molecule has 0 saturated carbocycles. The molecule has 0 spiro atoms. The Kier molecular flexibility index (Phi) is 7.98. The highest BCUT2D eigenvalue weighted by atomic mass is 16.5. The number of aromatic nitrogens is 1.